The molecule has 1 spiro atoms. The summed E-state index contributed by atoms with van der Waals surface area (Å²) in [7, 11) is 0. The number of rotatable bonds is 4. The summed E-state index contributed by atoms with van der Waals surface area (Å²) in [5, 5.41) is 6.97. The zero-order chi connectivity index (χ0) is 11.6. The van der Waals surface area contributed by atoms with Crippen LogP contribution in [0.1, 0.15) is 26.2 Å². The molecule has 2 N–H and O–H groups in total. The lowest BCUT2D eigenvalue weighted by Gasteiger charge is -2.23. The van der Waals surface area contributed by atoms with E-state index in [0.717, 1.165) is 26.1 Å². The van der Waals surface area contributed by atoms with Gasteiger partial charge < -0.3 is 10.6 Å². The molecule has 0 bridgehead atoms. The number of nitrogens with one attached hydrogen (secondary N) is 2. The van der Waals surface area contributed by atoms with Crippen LogP contribution in [0.2, 0.25) is 0 Å². The molecule has 3 nitrogen and oxygen atoms in total. The van der Waals surface area contributed by atoms with Gasteiger partial charge in [-0.15, -0.1) is 0 Å². The minimum Gasteiger partial charge on any atom is -0.355 e. The predicted octanol–water partition coefficient (Wildman–Crippen LogP) is 1.24. The van der Waals surface area contributed by atoms with Gasteiger partial charge in [-0.05, 0) is 44.0 Å². The third-order valence-corrected chi connectivity index (χ3v) is 5.04. The molecular formula is C12H22N2OS. The van der Waals surface area contributed by atoms with Crippen LogP contribution < -0.4 is 10.6 Å². The van der Waals surface area contributed by atoms with Crippen LogP contribution in [0.25, 0.3) is 0 Å². The minimum atomic E-state index is 0.294. The van der Waals surface area contributed by atoms with Gasteiger partial charge in [-0.3, -0.25) is 4.79 Å². The van der Waals surface area contributed by atoms with Crippen molar-refractivity contribution in [3.05, 3.63) is 0 Å². The number of carbonyl (C=O) groups is 1. The van der Waals surface area contributed by atoms with E-state index in [9.17, 15) is 4.79 Å². The van der Waals surface area contributed by atoms with Gasteiger partial charge in [-0.2, -0.15) is 11.8 Å². The molecule has 2 unspecified atom stereocenters. The van der Waals surface area contributed by atoms with E-state index in [2.05, 4.69) is 23.8 Å². The standard InChI is InChI=1S/C12H22N2OS/c1-9(16-2)8-14-11(15)10-7-12(10)3-5-13-6-4-12/h9-10,13H,3-8H2,1-2H3,(H,14,15). The first-order chi connectivity index (χ1) is 7.68. The quantitative estimate of drug-likeness (QED) is 0.779. The van der Waals surface area contributed by atoms with Crippen molar-refractivity contribution in [3.63, 3.8) is 0 Å². The van der Waals surface area contributed by atoms with Crippen molar-refractivity contribution in [1.29, 1.82) is 0 Å². The molecule has 0 radical (unpaired) electrons. The Morgan fingerprint density at radius 2 is 2.25 bits per heavy atom. The minimum absolute atomic E-state index is 0.294. The Balaban J connectivity index is 1.75. The van der Waals surface area contributed by atoms with E-state index in [0.29, 0.717) is 22.5 Å². The van der Waals surface area contributed by atoms with E-state index in [1.807, 2.05) is 0 Å². The second-order valence-electron chi connectivity index (χ2n) is 5.16. The molecule has 1 heterocycles. The molecular weight excluding hydrogens is 220 g/mol. The highest BCUT2D eigenvalue weighted by molar-refractivity contribution is 7.99. The van der Waals surface area contributed by atoms with Crippen LogP contribution >= 0.6 is 11.8 Å². The Kier molecular flexibility index (Phi) is 3.80. The molecule has 1 saturated heterocycles. The van der Waals surface area contributed by atoms with E-state index in [-0.39, 0.29) is 0 Å². The maximum absolute atomic E-state index is 12.0. The topological polar surface area (TPSA) is 41.1 Å². The normalized spacial score (nSPS) is 28.8. The van der Waals surface area contributed by atoms with Crippen molar-refractivity contribution in [3.8, 4) is 0 Å². The van der Waals surface area contributed by atoms with E-state index in [1.54, 1.807) is 11.8 Å². The average Bonchev–Trinajstić information content (AvgIpc) is 3.00. The SMILES string of the molecule is CSC(C)CNC(=O)C1CC12CCNCC2. The van der Waals surface area contributed by atoms with Crippen molar-refractivity contribution in [2.24, 2.45) is 11.3 Å². The highest BCUT2D eigenvalue weighted by atomic mass is 32.2. The lowest BCUT2D eigenvalue weighted by molar-refractivity contribution is -0.123. The largest absolute Gasteiger partial charge is 0.355 e. The highest BCUT2D eigenvalue weighted by Gasteiger charge is 2.57. The number of piperidine rings is 1. The molecule has 92 valence electrons. The fourth-order valence-corrected chi connectivity index (χ4v) is 2.90. The number of amides is 1. The average molecular weight is 242 g/mol. The monoisotopic (exact) mass is 242 g/mol. The number of hydrogen-bond acceptors (Lipinski definition) is 3. The molecule has 16 heavy (non-hydrogen) atoms. The van der Waals surface area contributed by atoms with E-state index < -0.39 is 0 Å². The van der Waals surface area contributed by atoms with Crippen LogP contribution in [0, 0.1) is 11.3 Å². The Bertz CT molecular complexity index is 264. The van der Waals surface area contributed by atoms with E-state index in [4.69, 9.17) is 0 Å². The fraction of sp³-hybridized carbons (Fsp3) is 0.917. The van der Waals surface area contributed by atoms with Gasteiger partial charge in [0.1, 0.15) is 0 Å². The van der Waals surface area contributed by atoms with Crippen molar-refractivity contribution in [2.75, 3.05) is 25.9 Å². The summed E-state index contributed by atoms with van der Waals surface area (Å²) in [4.78, 5) is 12.0. The molecule has 0 aromatic rings. The van der Waals surface area contributed by atoms with Crippen LogP contribution in [-0.4, -0.2) is 37.0 Å². The van der Waals surface area contributed by atoms with Crippen LogP contribution in [0.5, 0.6) is 0 Å². The van der Waals surface area contributed by atoms with Gasteiger partial charge in [-0.1, -0.05) is 6.92 Å². The van der Waals surface area contributed by atoms with Gasteiger partial charge in [0.25, 0.3) is 0 Å². The fourth-order valence-electron chi connectivity index (χ4n) is 2.65. The summed E-state index contributed by atoms with van der Waals surface area (Å²) in [6.45, 7) is 5.14. The first-order valence-corrected chi connectivity index (χ1v) is 7.48. The molecule has 1 saturated carbocycles. The molecule has 1 aliphatic carbocycles. The Morgan fingerprint density at radius 1 is 1.56 bits per heavy atom. The lowest BCUT2D eigenvalue weighted by atomic mass is 9.92. The zero-order valence-corrected chi connectivity index (χ0v) is 11.0. The van der Waals surface area contributed by atoms with Gasteiger partial charge in [0.2, 0.25) is 5.91 Å². The molecule has 2 rings (SSSR count). The molecule has 1 amide bonds. The molecule has 2 aliphatic rings. The summed E-state index contributed by atoms with van der Waals surface area (Å²) >= 11 is 1.80. The Hall–Kier alpha value is -0.220. The van der Waals surface area contributed by atoms with Crippen molar-refractivity contribution in [1.82, 2.24) is 10.6 Å². The third-order valence-electron chi connectivity index (χ3n) is 4.07. The molecule has 0 aromatic heterocycles. The summed E-state index contributed by atoms with van der Waals surface area (Å²) in [6, 6.07) is 0. The summed E-state index contributed by atoms with van der Waals surface area (Å²) in [5.41, 5.74) is 0.373. The van der Waals surface area contributed by atoms with Gasteiger partial charge >= 0.3 is 0 Å². The summed E-state index contributed by atoms with van der Waals surface area (Å²) < 4.78 is 0. The molecule has 0 aromatic carbocycles. The number of thioether (sulfide) groups is 1. The molecule has 2 fully saturated rings. The van der Waals surface area contributed by atoms with E-state index >= 15 is 0 Å². The maximum Gasteiger partial charge on any atom is 0.223 e. The summed E-state index contributed by atoms with van der Waals surface area (Å²) in [5.74, 6) is 0.603. The van der Waals surface area contributed by atoms with Gasteiger partial charge in [0.05, 0.1) is 0 Å². The first-order valence-electron chi connectivity index (χ1n) is 6.19. The van der Waals surface area contributed by atoms with Crippen molar-refractivity contribution in [2.45, 2.75) is 31.4 Å². The third kappa shape index (κ3) is 2.54. The summed E-state index contributed by atoms with van der Waals surface area (Å²) in [6.07, 6.45) is 5.57. The molecule has 4 heteroatoms. The van der Waals surface area contributed by atoms with Crippen LogP contribution in [0.15, 0.2) is 0 Å². The zero-order valence-electron chi connectivity index (χ0n) is 10.2. The van der Waals surface area contributed by atoms with Crippen LogP contribution in [-0.2, 0) is 4.79 Å². The first kappa shape index (κ1) is 12.2. The van der Waals surface area contributed by atoms with Gasteiger partial charge in [-0.25, -0.2) is 0 Å². The Labute approximate surface area is 102 Å². The molecule has 1 aliphatic heterocycles. The second kappa shape index (κ2) is 4.96. The maximum atomic E-state index is 12.0. The smallest absolute Gasteiger partial charge is 0.223 e. The molecule has 2 atom stereocenters. The van der Waals surface area contributed by atoms with Gasteiger partial charge in [0, 0.05) is 17.7 Å². The van der Waals surface area contributed by atoms with Crippen molar-refractivity contribution < 1.29 is 4.79 Å². The van der Waals surface area contributed by atoms with Crippen LogP contribution in [0.3, 0.4) is 0 Å². The van der Waals surface area contributed by atoms with Crippen LogP contribution in [0.4, 0.5) is 0 Å². The van der Waals surface area contributed by atoms with E-state index in [1.165, 1.54) is 12.8 Å². The Morgan fingerprint density at radius 3 is 2.88 bits per heavy atom. The second-order valence-corrected chi connectivity index (χ2v) is 6.44. The predicted molar refractivity (Wildman–Crippen MR) is 68.6 cm³/mol. The van der Waals surface area contributed by atoms with Crippen molar-refractivity contribution >= 4 is 17.7 Å². The van der Waals surface area contributed by atoms with Gasteiger partial charge in [0.15, 0.2) is 0 Å². The lowest BCUT2D eigenvalue weighted by Crippen LogP contribution is -2.35. The number of hydrogen-bond donors (Lipinski definition) is 2. The highest BCUT2D eigenvalue weighted by Crippen LogP contribution is 2.58. The number of carbonyl (C=O) groups excluding carboxylic acids is 1.